The quantitative estimate of drug-likeness (QED) is 0.537. The molecule has 3 atom stereocenters. The highest BCUT2D eigenvalue weighted by Gasteiger charge is 2.44. The number of sulfonamides is 1. The van der Waals surface area contributed by atoms with Crippen LogP contribution < -0.4 is 5.14 Å². The topological polar surface area (TPSA) is 172 Å². The summed E-state index contributed by atoms with van der Waals surface area (Å²) in [6.45, 7) is 3.20. The van der Waals surface area contributed by atoms with Gasteiger partial charge < -0.3 is 10.2 Å². The third-order valence-electron chi connectivity index (χ3n) is 4.50. The maximum atomic E-state index is 12.6. The van der Waals surface area contributed by atoms with E-state index in [4.69, 9.17) is 10.2 Å². The van der Waals surface area contributed by atoms with E-state index in [1.807, 2.05) is 0 Å². The maximum absolute atomic E-state index is 12.6. The highest BCUT2D eigenvalue weighted by molar-refractivity contribution is 7.95. The summed E-state index contributed by atoms with van der Waals surface area (Å²) in [7, 11) is -7.95. The number of thiophene rings is 1. The second-order valence-corrected chi connectivity index (χ2v) is 11.6. The first-order valence-electron chi connectivity index (χ1n) is 7.91. The summed E-state index contributed by atoms with van der Waals surface area (Å²) in [6.07, 6.45) is -0.671. The molecule has 0 saturated carbocycles. The molecule has 0 bridgehead atoms. The van der Waals surface area contributed by atoms with Crippen LogP contribution >= 0.6 is 11.3 Å². The number of carbonyl (C=O) groups is 2. The van der Waals surface area contributed by atoms with E-state index in [1.165, 1.54) is 11.8 Å². The van der Waals surface area contributed by atoms with Crippen LogP contribution in [0.2, 0.25) is 0 Å². The van der Waals surface area contributed by atoms with Crippen LogP contribution in [0.25, 0.3) is 0 Å². The van der Waals surface area contributed by atoms with E-state index in [2.05, 4.69) is 0 Å². The van der Waals surface area contributed by atoms with Gasteiger partial charge in [-0.1, -0.05) is 6.92 Å². The number of rotatable bonds is 7. The molecule has 1 aliphatic heterocycles. The fourth-order valence-electron chi connectivity index (χ4n) is 3.20. The standard InChI is InChI=1S/C14H20N2O8S3/c1-3-16(10(13(19)20)6-11(17)18)9-4-7(2)26(21,22)14-8(9)5-12(25-14)27(15,23)24/h5,7,9-10H,3-4,6H2,1-2H3,(H,17,18)(H,19,20)(H2,15,23,24)/t7-,9?,10?/m0/s1. The number of nitrogens with two attached hydrogens (primary N) is 1. The molecular formula is C14H20N2O8S3. The van der Waals surface area contributed by atoms with Gasteiger partial charge in [-0.2, -0.15) is 0 Å². The molecule has 0 aliphatic carbocycles. The molecule has 2 heterocycles. The number of nitrogens with zero attached hydrogens (tertiary/aromatic N) is 1. The monoisotopic (exact) mass is 440 g/mol. The van der Waals surface area contributed by atoms with Gasteiger partial charge in [0.1, 0.15) is 14.5 Å². The van der Waals surface area contributed by atoms with Crippen molar-refractivity contribution in [2.45, 2.75) is 52.4 Å². The van der Waals surface area contributed by atoms with Crippen molar-refractivity contribution in [3.63, 3.8) is 0 Å². The van der Waals surface area contributed by atoms with Crippen LogP contribution in [0.15, 0.2) is 14.5 Å². The molecule has 1 aromatic heterocycles. The van der Waals surface area contributed by atoms with Crippen LogP contribution in [0.4, 0.5) is 0 Å². The third kappa shape index (κ3) is 4.16. The molecule has 2 rings (SSSR count). The van der Waals surface area contributed by atoms with E-state index in [-0.39, 0.29) is 26.9 Å². The molecule has 27 heavy (non-hydrogen) atoms. The average molecular weight is 441 g/mol. The fourth-order valence-corrected chi connectivity index (χ4v) is 7.59. The first-order chi connectivity index (χ1) is 12.3. The van der Waals surface area contributed by atoms with Crippen molar-refractivity contribution >= 4 is 43.1 Å². The Morgan fingerprint density at radius 1 is 1.41 bits per heavy atom. The van der Waals surface area contributed by atoms with Crippen LogP contribution in [0.3, 0.4) is 0 Å². The lowest BCUT2D eigenvalue weighted by Gasteiger charge is -2.38. The lowest BCUT2D eigenvalue weighted by molar-refractivity contribution is -0.151. The van der Waals surface area contributed by atoms with Crippen molar-refractivity contribution < 1.29 is 36.6 Å². The Morgan fingerprint density at radius 2 is 2.00 bits per heavy atom. The minimum absolute atomic E-state index is 0.00731. The van der Waals surface area contributed by atoms with Crippen LogP contribution in [0.5, 0.6) is 0 Å². The highest BCUT2D eigenvalue weighted by Crippen LogP contribution is 2.45. The Kier molecular flexibility index (Phi) is 6.02. The average Bonchev–Trinajstić information content (AvgIpc) is 2.98. The smallest absolute Gasteiger partial charge is 0.321 e. The molecule has 4 N–H and O–H groups in total. The second kappa shape index (κ2) is 7.47. The van der Waals surface area contributed by atoms with Crippen molar-refractivity contribution in [1.82, 2.24) is 4.90 Å². The number of hydrogen-bond donors (Lipinski definition) is 3. The molecule has 1 aliphatic rings. The summed E-state index contributed by atoms with van der Waals surface area (Å²) < 4.78 is 48.1. The molecule has 1 aromatic rings. The Hall–Kier alpha value is -1.54. The van der Waals surface area contributed by atoms with Gasteiger partial charge in [-0.05, 0) is 26.0 Å². The van der Waals surface area contributed by atoms with Gasteiger partial charge >= 0.3 is 11.9 Å². The van der Waals surface area contributed by atoms with Crippen LogP contribution in [0, 0.1) is 0 Å². The summed E-state index contributed by atoms with van der Waals surface area (Å²) in [4.78, 5) is 24.1. The fraction of sp³-hybridized carbons (Fsp3) is 0.571. The molecule has 0 aromatic carbocycles. The van der Waals surface area contributed by atoms with E-state index < -0.39 is 55.6 Å². The van der Waals surface area contributed by atoms with Gasteiger partial charge in [0.05, 0.1) is 11.7 Å². The Morgan fingerprint density at radius 3 is 2.44 bits per heavy atom. The number of hydrogen-bond acceptors (Lipinski definition) is 8. The number of primary sulfonamides is 1. The van der Waals surface area contributed by atoms with Crippen molar-refractivity contribution in [3.8, 4) is 0 Å². The lowest BCUT2D eigenvalue weighted by atomic mass is 9.99. The van der Waals surface area contributed by atoms with Crippen LogP contribution in [-0.2, 0) is 29.4 Å². The van der Waals surface area contributed by atoms with Gasteiger partial charge in [-0.25, -0.2) is 22.0 Å². The molecule has 0 radical (unpaired) electrons. The Balaban J connectivity index is 2.65. The Labute approximate surface area is 160 Å². The van der Waals surface area contributed by atoms with Gasteiger partial charge in [0.2, 0.25) is 10.0 Å². The zero-order valence-electron chi connectivity index (χ0n) is 14.5. The first kappa shape index (κ1) is 21.8. The zero-order chi connectivity index (χ0) is 20.7. The molecule has 0 fully saturated rings. The van der Waals surface area contributed by atoms with E-state index in [9.17, 15) is 31.5 Å². The summed E-state index contributed by atoms with van der Waals surface area (Å²) in [5.41, 5.74) is 0.139. The molecule has 2 unspecified atom stereocenters. The number of fused-ring (bicyclic) bond motifs is 1. The van der Waals surface area contributed by atoms with Crippen LogP contribution in [-0.4, -0.2) is 61.7 Å². The van der Waals surface area contributed by atoms with Crippen molar-refractivity contribution in [2.24, 2.45) is 5.14 Å². The third-order valence-corrected chi connectivity index (χ3v) is 9.82. The summed E-state index contributed by atoms with van der Waals surface area (Å²) >= 11 is 0.527. The largest absolute Gasteiger partial charge is 0.481 e. The normalized spacial score (nSPS) is 23.0. The Bertz CT molecular complexity index is 966. The van der Waals surface area contributed by atoms with Crippen molar-refractivity contribution in [3.05, 3.63) is 11.6 Å². The van der Waals surface area contributed by atoms with Gasteiger partial charge in [0.15, 0.2) is 9.84 Å². The molecule has 0 spiro atoms. The van der Waals surface area contributed by atoms with Gasteiger partial charge in [-0.15, -0.1) is 11.3 Å². The molecular weight excluding hydrogens is 420 g/mol. The van der Waals surface area contributed by atoms with Crippen LogP contribution in [0.1, 0.15) is 38.3 Å². The SMILES string of the molecule is CCN(C(CC(=O)O)C(=O)O)C1C[C@H](C)S(=O)(=O)c2sc(S(N)(=O)=O)cc21. The summed E-state index contributed by atoms with van der Waals surface area (Å²) in [5.74, 6) is -2.67. The van der Waals surface area contributed by atoms with Crippen molar-refractivity contribution in [1.29, 1.82) is 0 Å². The molecule has 10 nitrogen and oxygen atoms in total. The van der Waals surface area contributed by atoms with Gasteiger partial charge in [0, 0.05) is 11.6 Å². The number of sulfone groups is 1. The second-order valence-electron chi connectivity index (χ2n) is 6.24. The molecule has 0 saturated heterocycles. The van der Waals surface area contributed by atoms with E-state index in [1.54, 1.807) is 6.92 Å². The number of carboxylic acids is 2. The molecule has 152 valence electrons. The predicted molar refractivity (Wildman–Crippen MR) is 95.8 cm³/mol. The summed E-state index contributed by atoms with van der Waals surface area (Å²) in [5, 5.41) is 22.7. The molecule has 0 amide bonds. The summed E-state index contributed by atoms with van der Waals surface area (Å²) in [6, 6.07) is -1.02. The number of likely N-dealkylation sites (N-methyl/N-ethyl adjacent to an activating group) is 1. The predicted octanol–water partition coefficient (Wildman–Crippen LogP) is 0.252. The van der Waals surface area contributed by atoms with E-state index >= 15 is 0 Å². The molecule has 13 heteroatoms. The first-order valence-corrected chi connectivity index (χ1v) is 11.8. The van der Waals surface area contributed by atoms with Crippen molar-refractivity contribution in [2.75, 3.05) is 6.54 Å². The van der Waals surface area contributed by atoms with E-state index in [0.717, 1.165) is 6.07 Å². The van der Waals surface area contributed by atoms with Gasteiger partial charge in [-0.3, -0.25) is 14.5 Å². The minimum Gasteiger partial charge on any atom is -0.481 e. The number of aliphatic carboxylic acids is 2. The number of carboxylic acid groups (broad SMARTS) is 2. The highest BCUT2D eigenvalue weighted by atomic mass is 32.3. The van der Waals surface area contributed by atoms with Gasteiger partial charge in [0.25, 0.3) is 0 Å². The zero-order valence-corrected chi connectivity index (χ0v) is 17.0. The minimum atomic E-state index is -4.15. The lowest BCUT2D eigenvalue weighted by Crippen LogP contribution is -2.47. The van der Waals surface area contributed by atoms with E-state index in [0.29, 0.717) is 11.3 Å². The maximum Gasteiger partial charge on any atom is 0.321 e.